The molecule has 0 saturated heterocycles. The summed E-state index contributed by atoms with van der Waals surface area (Å²) in [5, 5.41) is 7.02. The van der Waals surface area contributed by atoms with Crippen molar-refractivity contribution in [3.63, 3.8) is 0 Å². The second kappa shape index (κ2) is 9.12. The summed E-state index contributed by atoms with van der Waals surface area (Å²) in [5.41, 5.74) is 3.95. The van der Waals surface area contributed by atoms with Crippen LogP contribution in [0.25, 0.3) is 27.5 Å². The molecule has 0 N–H and O–H groups in total. The predicted octanol–water partition coefficient (Wildman–Crippen LogP) is 8.57. The van der Waals surface area contributed by atoms with Crippen LogP contribution in [0.3, 0.4) is 0 Å². The molecule has 0 aliphatic rings. The van der Waals surface area contributed by atoms with Gasteiger partial charge in [-0.3, -0.25) is 0 Å². The highest BCUT2D eigenvalue weighted by Crippen LogP contribution is 2.41. The molecule has 0 saturated carbocycles. The van der Waals surface area contributed by atoms with Gasteiger partial charge in [0.2, 0.25) is 5.13 Å². The maximum Gasteiger partial charge on any atom is 0.211 e. The molecular formula is C22H17Cl3FN3S2. The van der Waals surface area contributed by atoms with E-state index in [1.54, 1.807) is 39.9 Å². The van der Waals surface area contributed by atoms with Crippen molar-refractivity contribution in [2.75, 3.05) is 0 Å². The third-order valence-electron chi connectivity index (χ3n) is 4.39. The van der Waals surface area contributed by atoms with Crippen LogP contribution in [0.4, 0.5) is 4.39 Å². The van der Waals surface area contributed by atoms with E-state index in [-0.39, 0.29) is 5.82 Å². The molecule has 0 unspecified atom stereocenters. The lowest BCUT2D eigenvalue weighted by molar-refractivity contribution is 0.628. The SMILES string of the molecule is Cc1nn(-c2nc(-c3ccc(Cl)c(Cl)c3)c(SC(C)C)s2)cc1-c1cc(F)cc(Cl)c1. The zero-order valence-corrected chi connectivity index (χ0v) is 20.7. The van der Waals surface area contributed by atoms with Crippen LogP contribution in [0.5, 0.6) is 0 Å². The number of rotatable bonds is 5. The van der Waals surface area contributed by atoms with Crippen molar-refractivity contribution in [3.8, 4) is 27.5 Å². The molecule has 0 radical (unpaired) electrons. The summed E-state index contributed by atoms with van der Waals surface area (Å²) >= 11 is 21.6. The van der Waals surface area contributed by atoms with E-state index in [0.29, 0.717) is 31.0 Å². The number of benzene rings is 2. The number of aryl methyl sites for hydroxylation is 1. The maximum atomic E-state index is 13.9. The van der Waals surface area contributed by atoms with Crippen molar-refractivity contribution >= 4 is 57.9 Å². The molecule has 31 heavy (non-hydrogen) atoms. The highest BCUT2D eigenvalue weighted by Gasteiger charge is 2.19. The summed E-state index contributed by atoms with van der Waals surface area (Å²) in [5.74, 6) is -0.388. The van der Waals surface area contributed by atoms with Gasteiger partial charge in [0.15, 0.2) is 0 Å². The third kappa shape index (κ3) is 4.94. The van der Waals surface area contributed by atoms with E-state index in [0.717, 1.165) is 26.7 Å². The van der Waals surface area contributed by atoms with Crippen LogP contribution in [0, 0.1) is 12.7 Å². The molecule has 2 aromatic heterocycles. The van der Waals surface area contributed by atoms with E-state index in [2.05, 4.69) is 18.9 Å². The van der Waals surface area contributed by atoms with Gasteiger partial charge in [-0.2, -0.15) is 5.10 Å². The van der Waals surface area contributed by atoms with Gasteiger partial charge in [0.05, 0.1) is 25.6 Å². The summed E-state index contributed by atoms with van der Waals surface area (Å²) < 4.78 is 16.6. The van der Waals surface area contributed by atoms with Crippen LogP contribution >= 0.6 is 57.9 Å². The lowest BCUT2D eigenvalue weighted by atomic mass is 10.1. The number of hydrogen-bond donors (Lipinski definition) is 0. The largest absolute Gasteiger partial charge is 0.217 e. The number of thioether (sulfide) groups is 1. The molecule has 0 bridgehead atoms. The second-order valence-electron chi connectivity index (χ2n) is 7.16. The second-order valence-corrected chi connectivity index (χ2v) is 11.2. The summed E-state index contributed by atoms with van der Waals surface area (Å²) in [6.07, 6.45) is 1.85. The van der Waals surface area contributed by atoms with Gasteiger partial charge in [-0.1, -0.05) is 66.1 Å². The Hall–Kier alpha value is -1.57. The Bertz CT molecular complexity index is 1250. The minimum Gasteiger partial charge on any atom is -0.217 e. The minimum atomic E-state index is -0.388. The van der Waals surface area contributed by atoms with Gasteiger partial charge in [-0.15, -0.1) is 11.8 Å². The zero-order valence-electron chi connectivity index (χ0n) is 16.8. The average Bonchev–Trinajstić information content (AvgIpc) is 3.26. The Morgan fingerprint density at radius 2 is 1.81 bits per heavy atom. The normalized spacial score (nSPS) is 11.5. The van der Waals surface area contributed by atoms with Gasteiger partial charge in [0, 0.05) is 27.6 Å². The van der Waals surface area contributed by atoms with E-state index in [9.17, 15) is 4.39 Å². The molecule has 4 rings (SSSR count). The van der Waals surface area contributed by atoms with Crippen molar-refractivity contribution in [2.45, 2.75) is 30.2 Å². The van der Waals surface area contributed by atoms with Gasteiger partial charge < -0.3 is 0 Å². The van der Waals surface area contributed by atoms with Crippen molar-refractivity contribution in [2.24, 2.45) is 0 Å². The molecule has 0 spiro atoms. The van der Waals surface area contributed by atoms with Crippen LogP contribution in [0.2, 0.25) is 15.1 Å². The summed E-state index contributed by atoms with van der Waals surface area (Å²) in [6.45, 7) is 6.14. The molecule has 2 aromatic carbocycles. The van der Waals surface area contributed by atoms with Crippen molar-refractivity contribution in [1.82, 2.24) is 14.8 Å². The lowest BCUT2D eigenvalue weighted by Gasteiger charge is -2.05. The highest BCUT2D eigenvalue weighted by atomic mass is 35.5. The first-order valence-corrected chi connectivity index (χ1v) is 12.2. The van der Waals surface area contributed by atoms with Gasteiger partial charge >= 0.3 is 0 Å². The Morgan fingerprint density at radius 3 is 2.48 bits per heavy atom. The van der Waals surface area contributed by atoms with Crippen molar-refractivity contribution < 1.29 is 4.39 Å². The molecule has 0 aliphatic carbocycles. The average molecular weight is 513 g/mol. The van der Waals surface area contributed by atoms with Gasteiger partial charge in [0.1, 0.15) is 5.82 Å². The fourth-order valence-corrected chi connectivity index (χ4v) is 6.03. The lowest BCUT2D eigenvalue weighted by Crippen LogP contribution is -1.94. The van der Waals surface area contributed by atoms with E-state index in [4.69, 9.17) is 39.8 Å². The minimum absolute atomic E-state index is 0.342. The number of hydrogen-bond acceptors (Lipinski definition) is 4. The molecule has 4 aromatic rings. The van der Waals surface area contributed by atoms with Crippen molar-refractivity contribution in [3.05, 3.63) is 69.2 Å². The monoisotopic (exact) mass is 511 g/mol. The standard InChI is InChI=1S/C22H17Cl3FN3S2/c1-11(2)30-21-20(13-4-5-18(24)19(25)8-13)27-22(31-21)29-10-17(12(3)28-29)14-6-15(23)9-16(26)7-14/h4-11H,1-3H3. The van der Waals surface area contributed by atoms with Crippen LogP contribution in [-0.4, -0.2) is 20.0 Å². The fourth-order valence-electron chi connectivity index (χ4n) is 3.06. The van der Waals surface area contributed by atoms with Crippen LogP contribution in [0.15, 0.2) is 46.8 Å². The van der Waals surface area contributed by atoms with Crippen molar-refractivity contribution in [1.29, 1.82) is 0 Å². The van der Waals surface area contributed by atoms with Crippen LogP contribution < -0.4 is 0 Å². The Kier molecular flexibility index (Phi) is 6.65. The number of thiazole rings is 1. The molecule has 9 heteroatoms. The fraction of sp³-hybridized carbons (Fsp3) is 0.182. The molecular weight excluding hydrogens is 496 g/mol. The summed E-state index contributed by atoms with van der Waals surface area (Å²) in [6, 6.07) is 9.95. The first-order valence-electron chi connectivity index (χ1n) is 9.37. The summed E-state index contributed by atoms with van der Waals surface area (Å²) in [7, 11) is 0. The first kappa shape index (κ1) is 22.6. The number of nitrogens with zero attached hydrogens (tertiary/aromatic N) is 3. The molecule has 0 fully saturated rings. The molecule has 0 aliphatic heterocycles. The van der Waals surface area contributed by atoms with Gasteiger partial charge in [0.25, 0.3) is 0 Å². The summed E-state index contributed by atoms with van der Waals surface area (Å²) in [4.78, 5) is 4.85. The van der Waals surface area contributed by atoms with E-state index >= 15 is 0 Å². The molecule has 3 nitrogen and oxygen atoms in total. The third-order valence-corrected chi connectivity index (χ3v) is 7.60. The van der Waals surface area contributed by atoms with Gasteiger partial charge in [-0.25, -0.2) is 14.1 Å². The molecule has 0 atom stereocenters. The van der Waals surface area contributed by atoms with Gasteiger partial charge in [-0.05, 0) is 42.8 Å². The quantitative estimate of drug-likeness (QED) is 0.251. The Balaban J connectivity index is 1.80. The highest BCUT2D eigenvalue weighted by molar-refractivity contribution is 8.01. The first-order chi connectivity index (χ1) is 14.7. The van der Waals surface area contributed by atoms with E-state index in [1.165, 1.54) is 12.1 Å². The number of halogens is 4. The zero-order chi connectivity index (χ0) is 22.3. The van der Waals surface area contributed by atoms with E-state index in [1.807, 2.05) is 25.3 Å². The smallest absolute Gasteiger partial charge is 0.211 e. The number of aromatic nitrogens is 3. The Morgan fingerprint density at radius 1 is 1.03 bits per heavy atom. The van der Waals surface area contributed by atoms with E-state index < -0.39 is 0 Å². The topological polar surface area (TPSA) is 30.7 Å². The maximum absolute atomic E-state index is 13.9. The van der Waals surface area contributed by atoms with Crippen LogP contribution in [0.1, 0.15) is 19.5 Å². The Labute approximate surface area is 203 Å². The van der Waals surface area contributed by atoms with Crippen LogP contribution in [-0.2, 0) is 0 Å². The molecule has 160 valence electrons. The molecule has 2 heterocycles. The predicted molar refractivity (Wildman–Crippen MR) is 131 cm³/mol. The molecule has 0 amide bonds.